The highest BCUT2D eigenvalue weighted by Crippen LogP contribution is 2.15. The molecule has 0 aliphatic rings. The summed E-state index contributed by atoms with van der Waals surface area (Å²) in [5.41, 5.74) is 0.496. The predicted molar refractivity (Wildman–Crippen MR) is 73.5 cm³/mol. The molecule has 0 bridgehead atoms. The van der Waals surface area contributed by atoms with Crippen LogP contribution < -0.4 is 5.56 Å². The van der Waals surface area contributed by atoms with Crippen LogP contribution in [0.15, 0.2) is 35.3 Å². The number of nitrogens with zero attached hydrogens (tertiary/aromatic N) is 3. The molecule has 0 unspecified atom stereocenters. The van der Waals surface area contributed by atoms with Crippen molar-refractivity contribution in [1.29, 1.82) is 0 Å². The molecule has 2 heterocycles. The number of nitro groups is 1. The summed E-state index contributed by atoms with van der Waals surface area (Å²) in [5.74, 6) is 0. The van der Waals surface area contributed by atoms with Gasteiger partial charge in [0.15, 0.2) is 4.77 Å². The third-order valence-electron chi connectivity index (χ3n) is 2.83. The van der Waals surface area contributed by atoms with E-state index < -0.39 is 4.92 Å². The van der Waals surface area contributed by atoms with Crippen LogP contribution >= 0.6 is 12.2 Å². The van der Waals surface area contributed by atoms with Crippen molar-refractivity contribution in [2.75, 3.05) is 0 Å². The molecule has 3 aromatic rings. The zero-order valence-electron chi connectivity index (χ0n) is 9.86. The van der Waals surface area contributed by atoms with Crippen LogP contribution in [0.4, 0.5) is 5.69 Å². The summed E-state index contributed by atoms with van der Waals surface area (Å²) in [5, 5.41) is 17.4. The molecule has 100 valence electrons. The van der Waals surface area contributed by atoms with E-state index in [2.05, 4.69) is 15.2 Å². The van der Waals surface area contributed by atoms with Gasteiger partial charge in [-0.3, -0.25) is 24.6 Å². The van der Waals surface area contributed by atoms with E-state index in [1.807, 2.05) is 0 Å². The van der Waals surface area contributed by atoms with Gasteiger partial charge >= 0.3 is 0 Å². The van der Waals surface area contributed by atoms with Crippen LogP contribution in [0, 0.1) is 14.9 Å². The van der Waals surface area contributed by atoms with Gasteiger partial charge in [-0.05, 0) is 24.4 Å². The number of hydrogen-bond donors (Lipinski definition) is 2. The summed E-state index contributed by atoms with van der Waals surface area (Å²) in [6, 6.07) is 5.57. The van der Waals surface area contributed by atoms with Gasteiger partial charge in [-0.25, -0.2) is 0 Å². The molecular weight excluding hydrogens is 282 g/mol. The Morgan fingerprint density at radius 3 is 2.65 bits per heavy atom. The topological polar surface area (TPSA) is 110 Å². The van der Waals surface area contributed by atoms with E-state index in [1.54, 1.807) is 0 Å². The molecule has 0 atom stereocenters. The van der Waals surface area contributed by atoms with Crippen molar-refractivity contribution in [3.63, 3.8) is 0 Å². The Hall–Kier alpha value is -2.81. The summed E-state index contributed by atoms with van der Waals surface area (Å²) in [6.07, 6.45) is 1.39. The third kappa shape index (κ3) is 1.80. The Labute approximate surface area is 115 Å². The van der Waals surface area contributed by atoms with Crippen LogP contribution in [0.2, 0.25) is 0 Å². The zero-order chi connectivity index (χ0) is 14.3. The lowest BCUT2D eigenvalue weighted by molar-refractivity contribution is -0.384. The Morgan fingerprint density at radius 2 is 2.00 bits per heavy atom. The smallest absolute Gasteiger partial charge is 0.270 e. The molecule has 2 N–H and O–H groups in total. The first kappa shape index (κ1) is 12.2. The first-order chi connectivity index (χ1) is 9.58. The fraction of sp³-hybridized carbons (Fsp3) is 0. The first-order valence-corrected chi connectivity index (χ1v) is 5.92. The maximum absolute atomic E-state index is 12.3. The third-order valence-corrected chi connectivity index (χ3v) is 3.11. The van der Waals surface area contributed by atoms with Crippen molar-refractivity contribution >= 4 is 28.9 Å². The van der Waals surface area contributed by atoms with Crippen molar-refractivity contribution in [3.8, 4) is 5.69 Å². The van der Waals surface area contributed by atoms with E-state index in [0.29, 0.717) is 16.7 Å². The number of benzene rings is 1. The minimum absolute atomic E-state index is 0.0545. The Balaban J connectivity index is 2.26. The molecule has 2 aromatic heterocycles. The summed E-state index contributed by atoms with van der Waals surface area (Å²) >= 11 is 5.13. The summed E-state index contributed by atoms with van der Waals surface area (Å²) in [7, 11) is 0. The maximum atomic E-state index is 12.3. The number of fused-ring (bicyclic) bond motifs is 1. The highest BCUT2D eigenvalue weighted by atomic mass is 32.1. The summed E-state index contributed by atoms with van der Waals surface area (Å²) < 4.78 is 1.44. The van der Waals surface area contributed by atoms with Crippen molar-refractivity contribution in [1.82, 2.24) is 19.7 Å². The molecule has 0 radical (unpaired) electrons. The van der Waals surface area contributed by atoms with Crippen molar-refractivity contribution < 1.29 is 4.92 Å². The van der Waals surface area contributed by atoms with Crippen LogP contribution in [-0.2, 0) is 0 Å². The van der Waals surface area contributed by atoms with Gasteiger partial charge < -0.3 is 4.98 Å². The summed E-state index contributed by atoms with van der Waals surface area (Å²) in [4.78, 5) is 25.3. The van der Waals surface area contributed by atoms with Crippen LogP contribution in [-0.4, -0.2) is 24.7 Å². The van der Waals surface area contributed by atoms with Gasteiger partial charge in [-0.2, -0.15) is 5.10 Å². The lowest BCUT2D eigenvalue weighted by atomic mass is 10.3. The van der Waals surface area contributed by atoms with Gasteiger partial charge in [-0.1, -0.05) is 0 Å². The number of rotatable bonds is 2. The molecule has 8 nitrogen and oxygen atoms in total. The van der Waals surface area contributed by atoms with Gasteiger partial charge in [-0.15, -0.1) is 0 Å². The van der Waals surface area contributed by atoms with Gasteiger partial charge in [0.05, 0.1) is 16.8 Å². The van der Waals surface area contributed by atoms with E-state index >= 15 is 0 Å². The molecule has 0 fully saturated rings. The monoisotopic (exact) mass is 289 g/mol. The van der Waals surface area contributed by atoms with Crippen molar-refractivity contribution in [2.45, 2.75) is 0 Å². The molecule has 0 aliphatic heterocycles. The lowest BCUT2D eigenvalue weighted by Gasteiger charge is -2.05. The van der Waals surface area contributed by atoms with E-state index in [4.69, 9.17) is 12.2 Å². The van der Waals surface area contributed by atoms with Gasteiger partial charge in [0.25, 0.3) is 11.2 Å². The molecule has 0 aliphatic carbocycles. The first-order valence-electron chi connectivity index (χ1n) is 5.51. The normalized spacial score (nSPS) is 10.8. The fourth-order valence-electron chi connectivity index (χ4n) is 1.88. The number of non-ortho nitro benzene ring substituents is 1. The van der Waals surface area contributed by atoms with Crippen LogP contribution in [0.3, 0.4) is 0 Å². The number of H-pyrrole nitrogens is 2. The van der Waals surface area contributed by atoms with Gasteiger partial charge in [0.2, 0.25) is 0 Å². The number of aromatic nitrogens is 4. The molecule has 9 heteroatoms. The highest BCUT2D eigenvalue weighted by molar-refractivity contribution is 7.71. The average Bonchev–Trinajstić information content (AvgIpc) is 2.87. The summed E-state index contributed by atoms with van der Waals surface area (Å²) in [6.45, 7) is 0. The lowest BCUT2D eigenvalue weighted by Crippen LogP contribution is -2.19. The highest BCUT2D eigenvalue weighted by Gasteiger charge is 2.10. The second-order valence-corrected chi connectivity index (χ2v) is 4.39. The molecule has 0 amide bonds. The Bertz CT molecular complexity index is 922. The van der Waals surface area contributed by atoms with E-state index in [1.165, 1.54) is 35.0 Å². The van der Waals surface area contributed by atoms with Gasteiger partial charge in [0.1, 0.15) is 11.0 Å². The number of hydrogen-bond acceptors (Lipinski definition) is 5. The minimum Gasteiger partial charge on any atom is -0.316 e. The molecule has 0 saturated carbocycles. The molecule has 0 saturated heterocycles. The van der Waals surface area contributed by atoms with Crippen molar-refractivity contribution in [3.05, 3.63) is 55.7 Å². The SMILES string of the molecule is O=c1c2cn[nH]c2[nH]c(=S)n1-c1ccc([N+](=O)[O-])cc1. The number of aromatic amines is 2. The standard InChI is InChI=1S/C11H7N5O3S/c17-10-8-5-12-14-9(8)13-11(20)15(10)6-1-3-7(4-2-6)16(18)19/h1-5H,(H2,12,13,14,20). The second kappa shape index (κ2) is 4.38. The average molecular weight is 289 g/mol. The van der Waals surface area contributed by atoms with Crippen molar-refractivity contribution in [2.24, 2.45) is 0 Å². The molecule has 20 heavy (non-hydrogen) atoms. The van der Waals surface area contributed by atoms with E-state index in [0.717, 1.165) is 0 Å². The number of nitro benzene ring substituents is 1. The Morgan fingerprint density at radius 1 is 1.30 bits per heavy atom. The van der Waals surface area contributed by atoms with Crippen LogP contribution in [0.1, 0.15) is 0 Å². The zero-order valence-corrected chi connectivity index (χ0v) is 10.7. The largest absolute Gasteiger partial charge is 0.316 e. The molecule has 1 aromatic carbocycles. The second-order valence-electron chi connectivity index (χ2n) is 4.00. The molecular formula is C11H7N5O3S. The Kier molecular flexibility index (Phi) is 2.68. The molecule has 3 rings (SSSR count). The fourth-order valence-corrected chi connectivity index (χ4v) is 2.17. The van der Waals surface area contributed by atoms with E-state index in [9.17, 15) is 14.9 Å². The quantitative estimate of drug-likeness (QED) is 0.423. The van der Waals surface area contributed by atoms with Crippen LogP contribution in [0.25, 0.3) is 16.7 Å². The predicted octanol–water partition coefficient (Wildman–Crippen LogP) is 1.68. The van der Waals surface area contributed by atoms with Crippen LogP contribution in [0.5, 0.6) is 0 Å². The molecule has 0 spiro atoms. The maximum Gasteiger partial charge on any atom is 0.270 e. The van der Waals surface area contributed by atoms with Gasteiger partial charge in [0, 0.05) is 12.1 Å². The van der Waals surface area contributed by atoms with E-state index in [-0.39, 0.29) is 16.0 Å². The minimum atomic E-state index is -0.507. The number of nitrogens with one attached hydrogen (secondary N) is 2.